The second kappa shape index (κ2) is 7.47. The van der Waals surface area contributed by atoms with Crippen molar-refractivity contribution in [1.82, 2.24) is 14.5 Å². The summed E-state index contributed by atoms with van der Waals surface area (Å²) in [4.78, 5) is 12.3. The van der Waals surface area contributed by atoms with Crippen LogP contribution in [0.25, 0.3) is 5.69 Å². The van der Waals surface area contributed by atoms with Crippen molar-refractivity contribution in [3.05, 3.63) is 81.9 Å². The van der Waals surface area contributed by atoms with Crippen LogP contribution in [-0.2, 0) is 0 Å². The maximum atomic E-state index is 6.35. The van der Waals surface area contributed by atoms with Crippen LogP contribution in [0, 0.1) is 20.8 Å². The second-order valence-electron chi connectivity index (χ2n) is 8.23. The Morgan fingerprint density at radius 1 is 1.10 bits per heavy atom. The molecule has 2 aliphatic heterocycles. The molecule has 3 aromatic rings. The van der Waals surface area contributed by atoms with Crippen molar-refractivity contribution >= 4 is 28.5 Å². The molecule has 154 valence electrons. The number of nitrogens with zero attached hydrogens (tertiary/aromatic N) is 4. The minimum Gasteiger partial charge on any atom is -0.341 e. The molecule has 0 amide bonds. The minimum absolute atomic E-state index is 0.00982. The van der Waals surface area contributed by atoms with Crippen LogP contribution in [0.15, 0.2) is 53.7 Å². The topological polar surface area (TPSA) is 33.4 Å². The predicted octanol–water partition coefficient (Wildman–Crippen LogP) is 6.04. The minimum atomic E-state index is 0.00982. The van der Waals surface area contributed by atoms with Gasteiger partial charge in [-0.2, -0.15) is 0 Å². The molecule has 0 saturated carbocycles. The van der Waals surface area contributed by atoms with Gasteiger partial charge in [0, 0.05) is 40.1 Å². The molecule has 0 radical (unpaired) electrons. The maximum Gasteiger partial charge on any atom is 0.160 e. The summed E-state index contributed by atoms with van der Waals surface area (Å²) in [5, 5.41) is 2.45. The highest BCUT2D eigenvalue weighted by Crippen LogP contribution is 2.49. The first-order valence-electron chi connectivity index (χ1n) is 10.3. The first-order chi connectivity index (χ1) is 14.4. The van der Waals surface area contributed by atoms with E-state index in [1.165, 1.54) is 22.5 Å². The number of hydrogen-bond acceptors (Lipinski definition) is 4. The van der Waals surface area contributed by atoms with Crippen molar-refractivity contribution in [2.45, 2.75) is 45.0 Å². The van der Waals surface area contributed by atoms with Gasteiger partial charge in [0.2, 0.25) is 0 Å². The summed E-state index contributed by atoms with van der Waals surface area (Å²) in [5.74, 6) is 0. The van der Waals surface area contributed by atoms with E-state index < -0.39 is 0 Å². The Hall–Kier alpha value is -2.24. The van der Waals surface area contributed by atoms with E-state index in [-0.39, 0.29) is 12.1 Å². The highest BCUT2D eigenvalue weighted by Gasteiger charge is 2.44. The van der Waals surface area contributed by atoms with Gasteiger partial charge in [0.25, 0.3) is 0 Å². The molecule has 0 spiro atoms. The lowest BCUT2D eigenvalue weighted by atomic mass is 9.96. The number of thioether (sulfide) groups is 1. The van der Waals surface area contributed by atoms with E-state index in [0.717, 1.165) is 28.1 Å². The average Bonchev–Trinajstić information content (AvgIpc) is 3.34. The van der Waals surface area contributed by atoms with E-state index in [1.807, 2.05) is 30.1 Å². The SMILES string of the molecule is Cc1ccc(Cl)cc1-n1c(C)cc([C@@H]2[C@H](c3ccccn3)N=C3S[C@H](C)CN32)c1C. The van der Waals surface area contributed by atoms with Crippen LogP contribution in [0.3, 0.4) is 0 Å². The Bertz CT molecular complexity index is 1140. The van der Waals surface area contributed by atoms with Gasteiger partial charge in [0.05, 0.1) is 11.7 Å². The molecule has 6 heteroatoms. The molecule has 4 heterocycles. The lowest BCUT2D eigenvalue weighted by Gasteiger charge is -2.27. The Labute approximate surface area is 187 Å². The van der Waals surface area contributed by atoms with E-state index in [0.29, 0.717) is 5.25 Å². The average molecular weight is 437 g/mol. The summed E-state index contributed by atoms with van der Waals surface area (Å²) in [5.41, 5.74) is 7.15. The molecule has 1 fully saturated rings. The Kier molecular flexibility index (Phi) is 4.91. The van der Waals surface area contributed by atoms with Crippen LogP contribution < -0.4 is 0 Å². The first kappa shape index (κ1) is 19.7. The van der Waals surface area contributed by atoms with Crippen LogP contribution in [-0.4, -0.2) is 31.4 Å². The molecule has 4 nitrogen and oxygen atoms in total. The third-order valence-corrected chi connectivity index (χ3v) is 7.42. The monoisotopic (exact) mass is 436 g/mol. The molecule has 3 atom stereocenters. The molecular formula is C24H25ClN4S. The standard InChI is InChI=1S/C24H25ClN4S/c1-14-8-9-18(25)12-21(14)29-15(2)11-19(17(29)4)23-22(20-7-5-6-10-26-20)27-24-28(23)13-16(3)30-24/h5-12,16,22-23H,13H2,1-4H3/t16-,22+,23-/m1/s1. The zero-order chi connectivity index (χ0) is 21.0. The molecule has 0 N–H and O–H groups in total. The highest BCUT2D eigenvalue weighted by atomic mass is 35.5. The van der Waals surface area contributed by atoms with Crippen molar-refractivity contribution in [2.75, 3.05) is 6.54 Å². The normalized spacial score (nSPS) is 23.0. The largest absolute Gasteiger partial charge is 0.341 e. The van der Waals surface area contributed by atoms with Gasteiger partial charge in [0.1, 0.15) is 6.04 Å². The second-order valence-corrected chi connectivity index (χ2v) is 10.1. The molecule has 1 aromatic carbocycles. The lowest BCUT2D eigenvalue weighted by Crippen LogP contribution is -2.28. The van der Waals surface area contributed by atoms with E-state index in [2.05, 4.69) is 72.5 Å². The zero-order valence-corrected chi connectivity index (χ0v) is 19.2. The van der Waals surface area contributed by atoms with E-state index >= 15 is 0 Å². The number of pyridine rings is 1. The molecule has 5 rings (SSSR count). The molecule has 0 aliphatic carbocycles. The van der Waals surface area contributed by atoms with Crippen molar-refractivity contribution in [3.8, 4) is 5.69 Å². The lowest BCUT2D eigenvalue weighted by molar-refractivity contribution is 0.320. The van der Waals surface area contributed by atoms with Crippen LogP contribution in [0.1, 0.15) is 47.2 Å². The summed E-state index contributed by atoms with van der Waals surface area (Å²) >= 11 is 8.22. The summed E-state index contributed by atoms with van der Waals surface area (Å²) < 4.78 is 2.33. The number of halogens is 1. The smallest absolute Gasteiger partial charge is 0.160 e. The molecule has 2 aliphatic rings. The molecule has 0 bridgehead atoms. The number of aryl methyl sites for hydroxylation is 2. The number of benzene rings is 1. The zero-order valence-electron chi connectivity index (χ0n) is 17.6. The number of fused-ring (bicyclic) bond motifs is 1. The van der Waals surface area contributed by atoms with Gasteiger partial charge < -0.3 is 9.47 Å². The van der Waals surface area contributed by atoms with E-state index in [9.17, 15) is 0 Å². The number of rotatable bonds is 3. The van der Waals surface area contributed by atoms with Crippen molar-refractivity contribution in [2.24, 2.45) is 4.99 Å². The highest BCUT2D eigenvalue weighted by molar-refractivity contribution is 8.14. The molecular weight excluding hydrogens is 412 g/mol. The van der Waals surface area contributed by atoms with Crippen molar-refractivity contribution in [1.29, 1.82) is 0 Å². The summed E-state index contributed by atoms with van der Waals surface area (Å²) in [6.45, 7) is 9.80. The van der Waals surface area contributed by atoms with Gasteiger partial charge in [0.15, 0.2) is 5.17 Å². The third-order valence-electron chi connectivity index (χ3n) is 6.08. The van der Waals surface area contributed by atoms with Crippen LogP contribution in [0.2, 0.25) is 5.02 Å². The Morgan fingerprint density at radius 3 is 2.70 bits per heavy atom. The summed E-state index contributed by atoms with van der Waals surface area (Å²) in [6.07, 6.45) is 1.87. The molecule has 1 saturated heterocycles. The predicted molar refractivity (Wildman–Crippen MR) is 126 cm³/mol. The number of hydrogen-bond donors (Lipinski definition) is 0. The fraction of sp³-hybridized carbons (Fsp3) is 0.333. The van der Waals surface area contributed by atoms with E-state index in [1.54, 1.807) is 0 Å². The molecule has 2 aromatic heterocycles. The summed E-state index contributed by atoms with van der Waals surface area (Å²) in [6, 6.07) is 14.7. The third kappa shape index (κ3) is 3.15. The first-order valence-corrected chi connectivity index (χ1v) is 11.6. The Balaban J connectivity index is 1.64. The van der Waals surface area contributed by atoms with Crippen molar-refractivity contribution in [3.63, 3.8) is 0 Å². The number of amidine groups is 1. The van der Waals surface area contributed by atoms with Gasteiger partial charge in [-0.1, -0.05) is 42.4 Å². The summed E-state index contributed by atoms with van der Waals surface area (Å²) in [7, 11) is 0. The van der Waals surface area contributed by atoms with Crippen LogP contribution >= 0.6 is 23.4 Å². The quantitative estimate of drug-likeness (QED) is 0.501. The number of aliphatic imine (C=N–C) groups is 1. The van der Waals surface area contributed by atoms with E-state index in [4.69, 9.17) is 16.6 Å². The number of aromatic nitrogens is 2. The molecule has 0 unspecified atom stereocenters. The molecule has 30 heavy (non-hydrogen) atoms. The van der Waals surface area contributed by atoms with Crippen molar-refractivity contribution < 1.29 is 0 Å². The van der Waals surface area contributed by atoms with Crippen LogP contribution in [0.5, 0.6) is 0 Å². The maximum absolute atomic E-state index is 6.35. The van der Waals surface area contributed by atoms with Gasteiger partial charge in [-0.25, -0.2) is 0 Å². The van der Waals surface area contributed by atoms with Crippen LogP contribution in [0.4, 0.5) is 0 Å². The Morgan fingerprint density at radius 2 is 1.93 bits per heavy atom. The fourth-order valence-corrected chi connectivity index (χ4v) is 5.99. The van der Waals surface area contributed by atoms with Gasteiger partial charge in [-0.3, -0.25) is 9.98 Å². The van der Waals surface area contributed by atoms with Gasteiger partial charge in [-0.05, 0) is 62.2 Å². The fourth-order valence-electron chi connectivity index (χ4n) is 4.74. The van der Waals surface area contributed by atoms with Gasteiger partial charge >= 0.3 is 0 Å². The van der Waals surface area contributed by atoms with Gasteiger partial charge in [-0.15, -0.1) is 0 Å².